The van der Waals surface area contributed by atoms with Gasteiger partial charge < -0.3 is 24.6 Å². The van der Waals surface area contributed by atoms with Crippen molar-refractivity contribution in [3.8, 4) is 17.6 Å². The van der Waals surface area contributed by atoms with E-state index in [1.54, 1.807) is 0 Å². The number of nitrogens with zero attached hydrogens (tertiary/aromatic N) is 4. The van der Waals surface area contributed by atoms with Gasteiger partial charge in [0.15, 0.2) is 16.6 Å². The SMILES string of the molecule is N#Cc1cc2cc3c(cc2nc1N1CCCN(C(=S)NCc2ccccc2)CC1)OCO3. The Morgan fingerprint density at radius 2 is 1.88 bits per heavy atom. The molecule has 0 spiro atoms. The molecule has 7 nitrogen and oxygen atoms in total. The van der Waals surface area contributed by atoms with Crippen molar-refractivity contribution in [2.75, 3.05) is 37.9 Å². The van der Waals surface area contributed by atoms with Gasteiger partial charge in [0.25, 0.3) is 0 Å². The molecule has 0 bridgehead atoms. The molecule has 0 saturated carbocycles. The Hall–Kier alpha value is -3.57. The Balaban J connectivity index is 1.31. The number of ether oxygens (including phenoxy) is 2. The van der Waals surface area contributed by atoms with Crippen LogP contribution in [0.4, 0.5) is 5.82 Å². The van der Waals surface area contributed by atoms with Crippen molar-refractivity contribution in [3.63, 3.8) is 0 Å². The van der Waals surface area contributed by atoms with Gasteiger partial charge in [-0.1, -0.05) is 30.3 Å². The summed E-state index contributed by atoms with van der Waals surface area (Å²) in [5, 5.41) is 14.8. The number of rotatable bonds is 3. The molecule has 2 aromatic carbocycles. The van der Waals surface area contributed by atoms with Gasteiger partial charge in [0.05, 0.1) is 11.1 Å². The fourth-order valence-corrected chi connectivity index (χ4v) is 4.35. The third kappa shape index (κ3) is 4.12. The van der Waals surface area contributed by atoms with Gasteiger partial charge in [0, 0.05) is 44.2 Å². The summed E-state index contributed by atoms with van der Waals surface area (Å²) in [5.41, 5.74) is 2.56. The molecule has 0 radical (unpaired) electrons. The predicted molar refractivity (Wildman–Crippen MR) is 127 cm³/mol. The van der Waals surface area contributed by atoms with Crippen LogP contribution in [-0.2, 0) is 6.54 Å². The number of nitrogens with one attached hydrogen (secondary N) is 1. The summed E-state index contributed by atoms with van der Waals surface area (Å²) in [6.07, 6.45) is 0.929. The Labute approximate surface area is 192 Å². The number of hydrogen-bond donors (Lipinski definition) is 1. The molecule has 32 heavy (non-hydrogen) atoms. The molecule has 1 fully saturated rings. The smallest absolute Gasteiger partial charge is 0.231 e. The maximum Gasteiger partial charge on any atom is 0.231 e. The van der Waals surface area contributed by atoms with Crippen LogP contribution in [0, 0.1) is 11.3 Å². The zero-order valence-corrected chi connectivity index (χ0v) is 18.4. The number of benzene rings is 2. The van der Waals surface area contributed by atoms with E-state index in [1.807, 2.05) is 36.4 Å². The minimum Gasteiger partial charge on any atom is -0.454 e. The molecule has 2 aliphatic heterocycles. The van der Waals surface area contributed by atoms with Crippen LogP contribution in [0.2, 0.25) is 0 Å². The fraction of sp³-hybridized carbons (Fsp3) is 0.292. The van der Waals surface area contributed by atoms with E-state index in [4.69, 9.17) is 26.7 Å². The van der Waals surface area contributed by atoms with Crippen molar-refractivity contribution in [2.45, 2.75) is 13.0 Å². The zero-order valence-electron chi connectivity index (χ0n) is 17.6. The summed E-state index contributed by atoms with van der Waals surface area (Å²) in [6, 6.07) is 18.2. The average molecular weight is 446 g/mol. The van der Waals surface area contributed by atoms with Crippen molar-refractivity contribution in [2.24, 2.45) is 0 Å². The number of nitriles is 1. The molecule has 1 aromatic heterocycles. The highest BCUT2D eigenvalue weighted by atomic mass is 32.1. The van der Waals surface area contributed by atoms with Crippen molar-refractivity contribution < 1.29 is 9.47 Å². The molecule has 0 amide bonds. The third-order valence-electron chi connectivity index (χ3n) is 5.78. The number of hydrogen-bond acceptors (Lipinski definition) is 6. The Morgan fingerprint density at radius 3 is 2.69 bits per heavy atom. The van der Waals surface area contributed by atoms with E-state index < -0.39 is 0 Å². The van der Waals surface area contributed by atoms with E-state index in [1.165, 1.54) is 5.56 Å². The van der Waals surface area contributed by atoms with Gasteiger partial charge in [0.2, 0.25) is 6.79 Å². The van der Waals surface area contributed by atoms with Crippen LogP contribution in [-0.4, -0.2) is 48.0 Å². The average Bonchev–Trinajstić information content (AvgIpc) is 3.14. The molecule has 2 aliphatic rings. The van der Waals surface area contributed by atoms with Gasteiger partial charge in [0.1, 0.15) is 11.9 Å². The molecule has 162 valence electrons. The molecular weight excluding hydrogens is 422 g/mol. The number of anilines is 1. The van der Waals surface area contributed by atoms with Gasteiger partial charge in [-0.2, -0.15) is 5.26 Å². The molecule has 0 atom stereocenters. The predicted octanol–water partition coefficient (Wildman–Crippen LogP) is 3.42. The first kappa shape index (κ1) is 20.3. The lowest BCUT2D eigenvalue weighted by Crippen LogP contribution is -2.41. The van der Waals surface area contributed by atoms with Gasteiger partial charge in [-0.25, -0.2) is 4.98 Å². The summed E-state index contributed by atoms with van der Waals surface area (Å²) < 4.78 is 11.0. The monoisotopic (exact) mass is 445 g/mol. The first-order chi connectivity index (χ1) is 15.7. The minimum absolute atomic E-state index is 0.212. The second kappa shape index (κ2) is 8.89. The maximum absolute atomic E-state index is 9.78. The van der Waals surface area contributed by atoms with E-state index in [2.05, 4.69) is 33.3 Å². The first-order valence-electron chi connectivity index (χ1n) is 10.7. The molecule has 3 aromatic rings. The molecular formula is C24H23N5O2S. The van der Waals surface area contributed by atoms with Crippen LogP contribution in [0.5, 0.6) is 11.5 Å². The zero-order chi connectivity index (χ0) is 21.9. The van der Waals surface area contributed by atoms with E-state index >= 15 is 0 Å². The Bertz CT molecular complexity index is 1190. The topological polar surface area (TPSA) is 73.7 Å². The molecule has 5 rings (SSSR count). The van der Waals surface area contributed by atoms with E-state index in [-0.39, 0.29) is 6.79 Å². The standard InChI is InChI=1S/C24H23N5O2S/c25-14-19-11-18-12-21-22(31-16-30-21)13-20(18)27-23(19)28-7-4-8-29(10-9-28)24(32)26-15-17-5-2-1-3-6-17/h1-3,5-6,11-13H,4,7-10,15-16H2,(H,26,32). The van der Waals surface area contributed by atoms with Gasteiger partial charge in [-0.3, -0.25) is 0 Å². The van der Waals surface area contributed by atoms with Crippen molar-refractivity contribution in [1.29, 1.82) is 5.26 Å². The van der Waals surface area contributed by atoms with Crippen LogP contribution in [0.15, 0.2) is 48.5 Å². The van der Waals surface area contributed by atoms with Gasteiger partial charge in [-0.05, 0) is 36.3 Å². The molecule has 0 unspecified atom stereocenters. The molecule has 8 heteroatoms. The highest BCUT2D eigenvalue weighted by Crippen LogP contribution is 2.37. The second-order valence-corrected chi connectivity index (χ2v) is 8.23. The highest BCUT2D eigenvalue weighted by molar-refractivity contribution is 7.80. The lowest BCUT2D eigenvalue weighted by Gasteiger charge is -2.25. The summed E-state index contributed by atoms with van der Waals surface area (Å²) >= 11 is 5.65. The van der Waals surface area contributed by atoms with Crippen LogP contribution >= 0.6 is 12.2 Å². The normalized spacial score (nSPS) is 15.3. The van der Waals surface area contributed by atoms with Crippen LogP contribution < -0.4 is 19.7 Å². The number of aromatic nitrogens is 1. The van der Waals surface area contributed by atoms with Crippen LogP contribution in [0.1, 0.15) is 17.5 Å². The molecule has 3 heterocycles. The maximum atomic E-state index is 9.78. The summed E-state index contributed by atoms with van der Waals surface area (Å²) in [4.78, 5) is 9.22. The molecule has 1 N–H and O–H groups in total. The number of pyridine rings is 1. The first-order valence-corrected chi connectivity index (χ1v) is 11.1. The Morgan fingerprint density at radius 1 is 1.06 bits per heavy atom. The fourth-order valence-electron chi connectivity index (χ4n) is 4.09. The van der Waals surface area contributed by atoms with Crippen molar-refractivity contribution in [1.82, 2.24) is 15.2 Å². The van der Waals surface area contributed by atoms with E-state index in [0.717, 1.165) is 48.6 Å². The van der Waals surface area contributed by atoms with E-state index in [0.29, 0.717) is 29.4 Å². The largest absolute Gasteiger partial charge is 0.454 e. The number of thiocarbonyl (C=S) groups is 1. The van der Waals surface area contributed by atoms with E-state index in [9.17, 15) is 5.26 Å². The van der Waals surface area contributed by atoms with Crippen LogP contribution in [0.25, 0.3) is 10.9 Å². The number of fused-ring (bicyclic) bond motifs is 2. The van der Waals surface area contributed by atoms with Crippen molar-refractivity contribution >= 4 is 34.1 Å². The minimum atomic E-state index is 0.212. The Kier molecular flexibility index (Phi) is 5.65. The van der Waals surface area contributed by atoms with Gasteiger partial charge >= 0.3 is 0 Å². The molecule has 0 aliphatic carbocycles. The summed E-state index contributed by atoms with van der Waals surface area (Å²) in [5.74, 6) is 2.10. The summed E-state index contributed by atoms with van der Waals surface area (Å²) in [7, 11) is 0. The highest BCUT2D eigenvalue weighted by Gasteiger charge is 2.22. The quantitative estimate of drug-likeness (QED) is 0.615. The molecule has 1 saturated heterocycles. The van der Waals surface area contributed by atoms with Gasteiger partial charge in [-0.15, -0.1) is 0 Å². The summed E-state index contributed by atoms with van der Waals surface area (Å²) in [6.45, 7) is 4.11. The lowest BCUT2D eigenvalue weighted by atomic mass is 10.1. The van der Waals surface area contributed by atoms with Crippen molar-refractivity contribution in [3.05, 3.63) is 59.7 Å². The lowest BCUT2D eigenvalue weighted by molar-refractivity contribution is 0.174. The third-order valence-corrected chi connectivity index (χ3v) is 6.18. The van der Waals surface area contributed by atoms with Crippen LogP contribution in [0.3, 0.4) is 0 Å². The second-order valence-electron chi connectivity index (χ2n) is 7.84.